The molecule has 0 radical (unpaired) electrons. The molecule has 1 N–H and O–H groups in total. The fourth-order valence-electron chi connectivity index (χ4n) is 3.71. The summed E-state index contributed by atoms with van der Waals surface area (Å²) in [7, 11) is 0. The first-order valence-electron chi connectivity index (χ1n) is 9.63. The molecular formula is C23H28N2O2. The van der Waals surface area contributed by atoms with E-state index in [0.717, 1.165) is 12.0 Å². The maximum atomic E-state index is 12.7. The third kappa shape index (κ3) is 4.76. The van der Waals surface area contributed by atoms with E-state index in [-0.39, 0.29) is 23.8 Å². The van der Waals surface area contributed by atoms with Crippen LogP contribution in [0.3, 0.4) is 0 Å². The van der Waals surface area contributed by atoms with Gasteiger partial charge in [-0.05, 0) is 43.9 Å². The molecule has 3 rings (SSSR count). The molecule has 1 fully saturated rings. The van der Waals surface area contributed by atoms with Gasteiger partial charge in [0.25, 0.3) is 0 Å². The Hall–Kier alpha value is -2.62. The van der Waals surface area contributed by atoms with Crippen LogP contribution in [-0.2, 0) is 16.0 Å². The van der Waals surface area contributed by atoms with Crippen molar-refractivity contribution in [2.75, 3.05) is 13.1 Å². The maximum absolute atomic E-state index is 12.7. The molecule has 0 bridgehead atoms. The van der Waals surface area contributed by atoms with E-state index in [1.807, 2.05) is 30.0 Å². The first kappa shape index (κ1) is 19.2. The lowest BCUT2D eigenvalue weighted by molar-refractivity contribution is -0.129. The molecule has 0 aliphatic carbocycles. The molecule has 0 spiro atoms. The fraction of sp³-hybridized carbons (Fsp3) is 0.391. The minimum atomic E-state index is -0.263. The van der Waals surface area contributed by atoms with Crippen LogP contribution in [0.1, 0.15) is 41.6 Å². The van der Waals surface area contributed by atoms with Gasteiger partial charge < -0.3 is 10.2 Å². The Balaban J connectivity index is 1.56. The summed E-state index contributed by atoms with van der Waals surface area (Å²) in [5.74, 6) is -0.217. The quantitative estimate of drug-likeness (QED) is 0.852. The minimum absolute atomic E-state index is 0.0287. The van der Waals surface area contributed by atoms with Gasteiger partial charge in [-0.1, -0.05) is 54.1 Å². The molecule has 1 aliphatic heterocycles. The van der Waals surface area contributed by atoms with E-state index in [1.54, 1.807) is 0 Å². The molecule has 2 amide bonds. The van der Waals surface area contributed by atoms with E-state index in [4.69, 9.17) is 0 Å². The van der Waals surface area contributed by atoms with Crippen LogP contribution in [0.25, 0.3) is 0 Å². The first-order valence-corrected chi connectivity index (χ1v) is 9.63. The zero-order valence-corrected chi connectivity index (χ0v) is 16.4. The zero-order chi connectivity index (χ0) is 19.4. The van der Waals surface area contributed by atoms with E-state index in [0.29, 0.717) is 19.5 Å². The van der Waals surface area contributed by atoms with Crippen LogP contribution in [-0.4, -0.2) is 29.8 Å². The van der Waals surface area contributed by atoms with Gasteiger partial charge in [-0.3, -0.25) is 9.59 Å². The summed E-state index contributed by atoms with van der Waals surface area (Å²) in [4.78, 5) is 26.8. The van der Waals surface area contributed by atoms with Crippen LogP contribution in [0.2, 0.25) is 0 Å². The summed E-state index contributed by atoms with van der Waals surface area (Å²) < 4.78 is 0. The lowest BCUT2D eigenvalue weighted by atomic mass is 9.99. The van der Waals surface area contributed by atoms with E-state index in [1.165, 1.54) is 16.7 Å². The molecule has 0 aromatic heterocycles. The third-order valence-electron chi connectivity index (χ3n) is 5.36. The van der Waals surface area contributed by atoms with Crippen molar-refractivity contribution in [1.82, 2.24) is 10.2 Å². The fourth-order valence-corrected chi connectivity index (χ4v) is 3.71. The number of nitrogens with zero attached hydrogens (tertiary/aromatic N) is 1. The van der Waals surface area contributed by atoms with Crippen LogP contribution in [0.5, 0.6) is 0 Å². The van der Waals surface area contributed by atoms with Crippen LogP contribution in [0.4, 0.5) is 0 Å². The van der Waals surface area contributed by atoms with Crippen molar-refractivity contribution < 1.29 is 9.59 Å². The molecule has 27 heavy (non-hydrogen) atoms. The highest BCUT2D eigenvalue weighted by Gasteiger charge is 2.34. The van der Waals surface area contributed by atoms with Crippen molar-refractivity contribution in [3.63, 3.8) is 0 Å². The zero-order valence-electron chi connectivity index (χ0n) is 16.4. The summed E-state index contributed by atoms with van der Waals surface area (Å²) in [5, 5.41) is 3.10. The van der Waals surface area contributed by atoms with Gasteiger partial charge in [0.05, 0.1) is 12.0 Å². The predicted octanol–water partition coefficient (Wildman–Crippen LogP) is 3.57. The normalized spacial score (nSPS) is 17.8. The summed E-state index contributed by atoms with van der Waals surface area (Å²) >= 11 is 0. The standard InChI is InChI=1S/C23H28N2O2/c1-16-9-10-17(2)21(13-16)18(3)24-23(27)20-14-22(26)25(15-20)12-11-19-7-5-4-6-8-19/h4-10,13,18,20H,11-12,14-15H2,1-3H3,(H,24,27). The number of aryl methyl sites for hydroxylation is 2. The Bertz CT molecular complexity index is 816. The number of amides is 2. The van der Waals surface area contributed by atoms with E-state index in [9.17, 15) is 9.59 Å². The molecule has 1 heterocycles. The van der Waals surface area contributed by atoms with Gasteiger partial charge in [0.1, 0.15) is 0 Å². The number of nitrogens with one attached hydrogen (secondary N) is 1. The number of hydrogen-bond donors (Lipinski definition) is 1. The molecule has 0 saturated carbocycles. The summed E-state index contributed by atoms with van der Waals surface area (Å²) in [5.41, 5.74) is 4.69. The van der Waals surface area contributed by atoms with Gasteiger partial charge in [0.2, 0.25) is 11.8 Å². The smallest absolute Gasteiger partial charge is 0.225 e. The van der Waals surface area contributed by atoms with Crippen LogP contribution >= 0.6 is 0 Å². The largest absolute Gasteiger partial charge is 0.349 e. The molecule has 142 valence electrons. The number of carbonyl (C=O) groups is 2. The second-order valence-corrected chi connectivity index (χ2v) is 7.57. The molecular weight excluding hydrogens is 336 g/mol. The van der Waals surface area contributed by atoms with Crippen molar-refractivity contribution in [2.45, 2.75) is 39.7 Å². The number of rotatable bonds is 6. The van der Waals surface area contributed by atoms with Crippen LogP contribution in [0, 0.1) is 19.8 Å². The van der Waals surface area contributed by atoms with E-state index < -0.39 is 0 Å². The Morgan fingerprint density at radius 3 is 2.67 bits per heavy atom. The molecule has 4 nitrogen and oxygen atoms in total. The van der Waals surface area contributed by atoms with Crippen LogP contribution in [0.15, 0.2) is 48.5 Å². The molecule has 4 heteroatoms. The van der Waals surface area contributed by atoms with Crippen molar-refractivity contribution >= 4 is 11.8 Å². The van der Waals surface area contributed by atoms with Gasteiger partial charge in [0, 0.05) is 19.5 Å². The number of likely N-dealkylation sites (tertiary alicyclic amines) is 1. The second-order valence-electron chi connectivity index (χ2n) is 7.57. The molecule has 1 aliphatic rings. The van der Waals surface area contributed by atoms with Gasteiger partial charge in [-0.15, -0.1) is 0 Å². The SMILES string of the molecule is Cc1ccc(C)c(C(C)NC(=O)C2CC(=O)N(CCc3ccccc3)C2)c1. The summed E-state index contributed by atoms with van der Waals surface area (Å²) in [6.45, 7) is 7.29. The topological polar surface area (TPSA) is 49.4 Å². The van der Waals surface area contributed by atoms with Gasteiger partial charge >= 0.3 is 0 Å². The van der Waals surface area contributed by atoms with Crippen LogP contribution < -0.4 is 5.32 Å². The highest BCUT2D eigenvalue weighted by atomic mass is 16.2. The van der Waals surface area contributed by atoms with E-state index in [2.05, 4.69) is 49.5 Å². The van der Waals surface area contributed by atoms with Gasteiger partial charge in [0.15, 0.2) is 0 Å². The second kappa shape index (κ2) is 8.38. The Morgan fingerprint density at radius 2 is 1.93 bits per heavy atom. The van der Waals surface area contributed by atoms with Crippen molar-refractivity contribution in [3.8, 4) is 0 Å². The summed E-state index contributed by atoms with van der Waals surface area (Å²) in [6.07, 6.45) is 1.12. The lowest BCUT2D eigenvalue weighted by Crippen LogP contribution is -2.35. The maximum Gasteiger partial charge on any atom is 0.225 e. The number of benzene rings is 2. The molecule has 2 aromatic carbocycles. The number of carbonyl (C=O) groups excluding carboxylic acids is 2. The van der Waals surface area contributed by atoms with Crippen molar-refractivity contribution in [1.29, 1.82) is 0 Å². The van der Waals surface area contributed by atoms with Gasteiger partial charge in [-0.2, -0.15) is 0 Å². The molecule has 2 atom stereocenters. The average molecular weight is 364 g/mol. The predicted molar refractivity (Wildman–Crippen MR) is 107 cm³/mol. The van der Waals surface area contributed by atoms with Crippen molar-refractivity contribution in [2.24, 2.45) is 5.92 Å². The monoisotopic (exact) mass is 364 g/mol. The van der Waals surface area contributed by atoms with E-state index >= 15 is 0 Å². The average Bonchev–Trinajstić information content (AvgIpc) is 3.03. The lowest BCUT2D eigenvalue weighted by Gasteiger charge is -2.20. The molecule has 2 aromatic rings. The van der Waals surface area contributed by atoms with Crippen molar-refractivity contribution in [3.05, 3.63) is 70.8 Å². The summed E-state index contributed by atoms with van der Waals surface area (Å²) in [6, 6.07) is 16.3. The molecule has 2 unspecified atom stereocenters. The van der Waals surface area contributed by atoms with Gasteiger partial charge in [-0.25, -0.2) is 0 Å². The highest BCUT2D eigenvalue weighted by Crippen LogP contribution is 2.22. The Kier molecular flexibility index (Phi) is 5.94. The highest BCUT2D eigenvalue weighted by molar-refractivity contribution is 5.89. The minimum Gasteiger partial charge on any atom is -0.349 e. The third-order valence-corrected chi connectivity index (χ3v) is 5.36. The Morgan fingerprint density at radius 1 is 1.19 bits per heavy atom. The number of hydrogen-bond acceptors (Lipinski definition) is 2. The molecule has 1 saturated heterocycles. The first-order chi connectivity index (χ1) is 12.9. The Labute approximate surface area is 161 Å².